The number of hydrogen-bond acceptors (Lipinski definition) is 5. The van der Waals surface area contributed by atoms with E-state index in [9.17, 15) is 0 Å². The summed E-state index contributed by atoms with van der Waals surface area (Å²) in [6.45, 7) is 14.7. The van der Waals surface area contributed by atoms with Gasteiger partial charge in [-0.05, 0) is 100 Å². The molecule has 4 aliphatic rings. The maximum Gasteiger partial charge on any atom is 0.239 e. The van der Waals surface area contributed by atoms with Gasteiger partial charge < -0.3 is 4.74 Å². The smallest absolute Gasteiger partial charge is 0.239 e. The largest absolute Gasteiger partial charge is 0.484 e. The van der Waals surface area contributed by atoms with Crippen LogP contribution in [0.15, 0.2) is 36.4 Å². The minimum Gasteiger partial charge on any atom is -0.484 e. The minimum absolute atomic E-state index is 0.271. The predicted molar refractivity (Wildman–Crippen MR) is 131 cm³/mol. The maximum atomic E-state index is 6.20. The van der Waals surface area contributed by atoms with Gasteiger partial charge in [-0.2, -0.15) is 19.6 Å². The zero-order chi connectivity index (χ0) is 24.1. The summed E-state index contributed by atoms with van der Waals surface area (Å²) in [5, 5.41) is 0. The normalized spacial score (nSPS) is 40.3. The van der Waals surface area contributed by atoms with Crippen molar-refractivity contribution in [3.63, 3.8) is 0 Å². The molecule has 34 heavy (non-hydrogen) atoms. The Balaban J connectivity index is 1.18. The van der Waals surface area contributed by atoms with Crippen LogP contribution in [0.25, 0.3) is 0 Å². The van der Waals surface area contributed by atoms with E-state index < -0.39 is 11.6 Å². The van der Waals surface area contributed by atoms with Crippen molar-refractivity contribution in [1.82, 2.24) is 0 Å². The van der Waals surface area contributed by atoms with Gasteiger partial charge in [-0.15, -0.1) is 0 Å². The van der Waals surface area contributed by atoms with Crippen molar-refractivity contribution in [2.24, 2.45) is 23.7 Å². The van der Waals surface area contributed by atoms with Gasteiger partial charge >= 0.3 is 0 Å². The molecule has 0 amide bonds. The second kappa shape index (κ2) is 8.92. The third-order valence-electron chi connectivity index (χ3n) is 9.13. The van der Waals surface area contributed by atoms with Gasteiger partial charge in [0, 0.05) is 24.7 Å². The Morgan fingerprint density at radius 3 is 2.21 bits per heavy atom. The van der Waals surface area contributed by atoms with E-state index in [1.807, 2.05) is 20.8 Å². The van der Waals surface area contributed by atoms with Crippen LogP contribution in [0.5, 0.6) is 5.75 Å². The van der Waals surface area contributed by atoms with Crippen molar-refractivity contribution in [3.8, 4) is 5.75 Å². The summed E-state index contributed by atoms with van der Waals surface area (Å²) in [4.78, 5) is 24.6. The highest BCUT2D eigenvalue weighted by Crippen LogP contribution is 2.55. The predicted octanol–water partition coefficient (Wildman–Crippen LogP) is 7.47. The molecule has 5 nitrogen and oxygen atoms in total. The highest BCUT2D eigenvalue weighted by atomic mass is 17.4. The second-order valence-corrected chi connectivity index (χ2v) is 12.2. The molecule has 1 aromatic carbocycles. The summed E-state index contributed by atoms with van der Waals surface area (Å²) in [7, 11) is 0. The van der Waals surface area contributed by atoms with Crippen LogP contribution in [-0.4, -0.2) is 17.2 Å². The zero-order valence-electron chi connectivity index (χ0n) is 21.6. The summed E-state index contributed by atoms with van der Waals surface area (Å²) < 4.78 is 6.12. The molecule has 4 atom stereocenters. The topological polar surface area (TPSA) is 46.2 Å². The number of rotatable bonds is 4. The van der Waals surface area contributed by atoms with Gasteiger partial charge in [-0.1, -0.05) is 32.6 Å². The van der Waals surface area contributed by atoms with E-state index in [1.165, 1.54) is 12.0 Å². The van der Waals surface area contributed by atoms with E-state index in [4.69, 9.17) is 24.3 Å². The Kier molecular flexibility index (Phi) is 6.37. The summed E-state index contributed by atoms with van der Waals surface area (Å²) in [5.74, 6) is 1.89. The Labute approximate surface area is 205 Å². The van der Waals surface area contributed by atoms with E-state index in [0.717, 1.165) is 62.2 Å². The molecular weight excluding hydrogens is 428 g/mol. The fraction of sp³-hybridized carbons (Fsp3) is 0.724. The average molecular weight is 471 g/mol. The molecule has 5 heteroatoms. The van der Waals surface area contributed by atoms with E-state index in [0.29, 0.717) is 17.8 Å². The lowest BCUT2D eigenvalue weighted by molar-refractivity contribution is -0.677. The summed E-state index contributed by atoms with van der Waals surface area (Å²) in [5.41, 5.74) is 1.96. The molecule has 2 bridgehead atoms. The monoisotopic (exact) mass is 470 g/mol. The average Bonchev–Trinajstić information content (AvgIpc) is 2.79. The van der Waals surface area contributed by atoms with Crippen LogP contribution < -0.4 is 4.74 Å². The molecule has 3 saturated carbocycles. The number of benzene rings is 1. The van der Waals surface area contributed by atoms with E-state index >= 15 is 0 Å². The molecule has 0 aromatic heterocycles. The highest BCUT2D eigenvalue weighted by Gasteiger charge is 2.60. The number of ether oxygens (including phenoxy) is 1. The van der Waals surface area contributed by atoms with Crippen LogP contribution in [0, 0.1) is 23.7 Å². The molecule has 1 aromatic rings. The van der Waals surface area contributed by atoms with E-state index in [-0.39, 0.29) is 11.5 Å². The van der Waals surface area contributed by atoms with Crippen LogP contribution in [0.3, 0.4) is 0 Å². The SMILES string of the molecule is C=C(C)C(C)(C)Oc1ccc(C2CCC3(CC2)OOC2(OO3)C(C)CC3CC(C)CC2C3)cc1. The molecule has 3 aliphatic carbocycles. The molecule has 188 valence electrons. The van der Waals surface area contributed by atoms with Crippen LogP contribution in [-0.2, 0) is 19.6 Å². The maximum absolute atomic E-state index is 6.20. The van der Waals surface area contributed by atoms with Crippen LogP contribution in [0.1, 0.15) is 97.5 Å². The first-order valence-electron chi connectivity index (χ1n) is 13.3. The zero-order valence-corrected chi connectivity index (χ0v) is 21.6. The van der Waals surface area contributed by atoms with Gasteiger partial charge in [-0.25, -0.2) is 0 Å². The van der Waals surface area contributed by atoms with Gasteiger partial charge in [0.1, 0.15) is 11.4 Å². The van der Waals surface area contributed by atoms with Crippen molar-refractivity contribution in [2.75, 3.05) is 0 Å². The Hall–Kier alpha value is -1.40. The van der Waals surface area contributed by atoms with Crippen LogP contribution >= 0.6 is 0 Å². The summed E-state index contributed by atoms with van der Waals surface area (Å²) in [6.07, 6.45) is 8.16. The lowest BCUT2D eigenvalue weighted by atomic mass is 9.62. The first-order chi connectivity index (χ1) is 16.1. The number of hydrogen-bond donors (Lipinski definition) is 0. The molecule has 0 N–H and O–H groups in total. The van der Waals surface area contributed by atoms with Crippen molar-refractivity contribution in [1.29, 1.82) is 0 Å². The lowest BCUT2D eigenvalue weighted by Gasteiger charge is -2.55. The fourth-order valence-corrected chi connectivity index (χ4v) is 6.69. The Bertz CT molecular complexity index is 868. The molecule has 5 rings (SSSR count). The first-order valence-corrected chi connectivity index (χ1v) is 13.3. The standard InChI is InChI=1S/C29H42O5/c1-19(2)27(5,6)30-26-9-7-23(8-10-26)24-11-13-28(14-12-24)31-33-29(34-32-28)21(4)17-22-15-20(3)16-25(29)18-22/h7-10,20-22,24-25H,1,11-18H2,2-6H3. The number of fused-ring (bicyclic) bond motifs is 3. The third-order valence-corrected chi connectivity index (χ3v) is 9.13. The van der Waals surface area contributed by atoms with Gasteiger partial charge in [-0.3, -0.25) is 0 Å². The van der Waals surface area contributed by atoms with Gasteiger partial charge in [0.2, 0.25) is 11.6 Å². The van der Waals surface area contributed by atoms with Crippen molar-refractivity contribution in [3.05, 3.63) is 42.0 Å². The van der Waals surface area contributed by atoms with E-state index in [2.05, 4.69) is 44.7 Å². The molecule has 4 unspecified atom stereocenters. The summed E-state index contributed by atoms with van der Waals surface area (Å²) in [6, 6.07) is 8.50. The Morgan fingerprint density at radius 1 is 0.941 bits per heavy atom. The molecular formula is C29H42O5. The van der Waals surface area contributed by atoms with Crippen molar-refractivity contribution in [2.45, 2.75) is 109 Å². The second-order valence-electron chi connectivity index (χ2n) is 12.2. The molecule has 1 saturated heterocycles. The quantitative estimate of drug-likeness (QED) is 0.337. The first kappa shape index (κ1) is 24.3. The molecule has 2 spiro atoms. The Morgan fingerprint density at radius 2 is 1.59 bits per heavy atom. The lowest BCUT2D eigenvalue weighted by Crippen LogP contribution is -2.61. The molecule has 1 heterocycles. The molecule has 4 fully saturated rings. The third kappa shape index (κ3) is 4.45. The fourth-order valence-electron chi connectivity index (χ4n) is 6.69. The minimum atomic E-state index is -0.785. The van der Waals surface area contributed by atoms with Gasteiger partial charge in [0.25, 0.3) is 0 Å². The van der Waals surface area contributed by atoms with Crippen molar-refractivity contribution >= 4 is 0 Å². The highest BCUT2D eigenvalue weighted by molar-refractivity contribution is 5.31. The molecule has 1 aliphatic heterocycles. The van der Waals surface area contributed by atoms with Crippen molar-refractivity contribution < 1.29 is 24.3 Å². The van der Waals surface area contributed by atoms with E-state index in [1.54, 1.807) is 0 Å². The van der Waals surface area contributed by atoms with Crippen LogP contribution in [0.2, 0.25) is 0 Å². The van der Waals surface area contributed by atoms with Gasteiger partial charge in [0.05, 0.1) is 0 Å². The van der Waals surface area contributed by atoms with Gasteiger partial charge in [0.15, 0.2) is 0 Å². The van der Waals surface area contributed by atoms with Crippen LogP contribution in [0.4, 0.5) is 0 Å². The summed E-state index contributed by atoms with van der Waals surface area (Å²) >= 11 is 0. The molecule has 0 radical (unpaired) electrons.